The number of hydrogen-bond donors (Lipinski definition) is 1. The van der Waals surface area contributed by atoms with Crippen LogP contribution in [0.4, 0.5) is 0 Å². The molecule has 0 fully saturated rings. The Hall–Kier alpha value is -3.28. The molecule has 0 atom stereocenters. The lowest BCUT2D eigenvalue weighted by Crippen LogP contribution is -2.36. The second-order valence-electron chi connectivity index (χ2n) is 6.22. The first-order valence-corrected chi connectivity index (χ1v) is 9.07. The number of amides is 2. The van der Waals surface area contributed by atoms with E-state index in [0.29, 0.717) is 18.0 Å². The van der Waals surface area contributed by atoms with E-state index in [1.54, 1.807) is 18.1 Å². The highest BCUT2D eigenvalue weighted by atomic mass is 16.5. The Morgan fingerprint density at radius 3 is 2.50 bits per heavy atom. The molecule has 0 bridgehead atoms. The smallest absolute Gasteiger partial charge is 0.260 e. The zero-order chi connectivity index (χ0) is 20.4. The van der Waals surface area contributed by atoms with Crippen molar-refractivity contribution in [2.24, 2.45) is 5.73 Å². The van der Waals surface area contributed by atoms with Gasteiger partial charge in [0, 0.05) is 19.5 Å². The third-order valence-corrected chi connectivity index (χ3v) is 4.10. The third kappa shape index (κ3) is 6.46. The summed E-state index contributed by atoms with van der Waals surface area (Å²) >= 11 is 0. The van der Waals surface area contributed by atoms with Gasteiger partial charge in [-0.15, -0.1) is 0 Å². The molecular formula is C22H26N2O4. The molecule has 0 saturated heterocycles. The number of primary amides is 1. The lowest BCUT2D eigenvalue weighted by atomic mass is 10.2. The van der Waals surface area contributed by atoms with Crippen LogP contribution in [0.2, 0.25) is 0 Å². The van der Waals surface area contributed by atoms with Crippen molar-refractivity contribution < 1.29 is 19.1 Å². The number of nitrogens with zero attached hydrogens (tertiary/aromatic N) is 1. The lowest BCUT2D eigenvalue weighted by Gasteiger charge is -2.23. The van der Waals surface area contributed by atoms with Crippen molar-refractivity contribution in [3.8, 4) is 11.5 Å². The lowest BCUT2D eigenvalue weighted by molar-refractivity contribution is -0.134. The van der Waals surface area contributed by atoms with Crippen LogP contribution < -0.4 is 15.2 Å². The first-order chi connectivity index (χ1) is 13.5. The predicted octanol–water partition coefficient (Wildman–Crippen LogP) is 3.01. The Labute approximate surface area is 165 Å². The predicted molar refractivity (Wildman–Crippen MR) is 109 cm³/mol. The largest absolute Gasteiger partial charge is 0.493 e. The second-order valence-corrected chi connectivity index (χ2v) is 6.22. The summed E-state index contributed by atoms with van der Waals surface area (Å²) in [5.41, 5.74) is 7.19. The molecule has 2 N–H and O–H groups in total. The number of hydrogen-bond acceptors (Lipinski definition) is 4. The van der Waals surface area contributed by atoms with Crippen molar-refractivity contribution in [3.63, 3.8) is 0 Å². The van der Waals surface area contributed by atoms with E-state index in [9.17, 15) is 9.59 Å². The first-order valence-electron chi connectivity index (χ1n) is 9.07. The van der Waals surface area contributed by atoms with Crippen LogP contribution in [-0.2, 0) is 16.1 Å². The number of rotatable bonds is 10. The van der Waals surface area contributed by atoms with Crippen molar-refractivity contribution >= 4 is 17.9 Å². The summed E-state index contributed by atoms with van der Waals surface area (Å²) in [7, 11) is 1.55. The van der Waals surface area contributed by atoms with E-state index in [-0.39, 0.29) is 25.5 Å². The molecule has 0 aliphatic rings. The molecule has 28 heavy (non-hydrogen) atoms. The third-order valence-electron chi connectivity index (χ3n) is 4.10. The monoisotopic (exact) mass is 382 g/mol. The average molecular weight is 382 g/mol. The summed E-state index contributed by atoms with van der Waals surface area (Å²) in [6.07, 6.45) is 3.97. The molecule has 6 heteroatoms. The van der Waals surface area contributed by atoms with Crippen molar-refractivity contribution in [3.05, 3.63) is 65.7 Å². The normalized spacial score (nSPS) is 10.6. The Balaban J connectivity index is 2.06. The summed E-state index contributed by atoms with van der Waals surface area (Å²) in [6.45, 7) is 2.39. The molecule has 0 spiro atoms. The van der Waals surface area contributed by atoms with Crippen molar-refractivity contribution in [1.29, 1.82) is 0 Å². The van der Waals surface area contributed by atoms with Crippen LogP contribution in [0.15, 0.2) is 54.6 Å². The van der Waals surface area contributed by atoms with Gasteiger partial charge in [-0.2, -0.15) is 0 Å². The van der Waals surface area contributed by atoms with Crippen LogP contribution in [0.5, 0.6) is 11.5 Å². The molecule has 0 unspecified atom stereocenters. The topological polar surface area (TPSA) is 81.9 Å². The number of ether oxygens (including phenoxy) is 2. The van der Waals surface area contributed by atoms with E-state index in [4.69, 9.17) is 15.2 Å². The van der Waals surface area contributed by atoms with Gasteiger partial charge in [0.05, 0.1) is 7.11 Å². The van der Waals surface area contributed by atoms with Crippen molar-refractivity contribution in [1.82, 2.24) is 4.90 Å². The highest BCUT2D eigenvalue weighted by Gasteiger charge is 2.17. The maximum absolute atomic E-state index is 12.7. The average Bonchev–Trinajstić information content (AvgIpc) is 2.70. The summed E-state index contributed by atoms with van der Waals surface area (Å²) in [5.74, 6) is 0.353. The molecule has 0 saturated carbocycles. The SMILES string of the molecule is C/C=C/c1ccc(OCC(=O)N(CCC(N)=O)Cc2ccccc2)c(OC)c1. The van der Waals surface area contributed by atoms with E-state index in [2.05, 4.69) is 0 Å². The number of allylic oxidation sites excluding steroid dienone is 1. The van der Waals surface area contributed by atoms with Gasteiger partial charge in [-0.25, -0.2) is 0 Å². The van der Waals surface area contributed by atoms with Crippen LogP contribution in [0.1, 0.15) is 24.5 Å². The van der Waals surface area contributed by atoms with Crippen LogP contribution >= 0.6 is 0 Å². The maximum atomic E-state index is 12.7. The number of nitrogens with two attached hydrogens (primary N) is 1. The Kier molecular flexibility index (Phi) is 8.09. The minimum absolute atomic E-state index is 0.0972. The fourth-order valence-electron chi connectivity index (χ4n) is 2.67. The van der Waals surface area contributed by atoms with Crippen molar-refractivity contribution in [2.75, 3.05) is 20.3 Å². The van der Waals surface area contributed by atoms with Crippen LogP contribution in [0, 0.1) is 0 Å². The minimum atomic E-state index is -0.451. The van der Waals surface area contributed by atoms with Crippen LogP contribution in [-0.4, -0.2) is 37.0 Å². The van der Waals surface area contributed by atoms with Gasteiger partial charge in [-0.1, -0.05) is 48.6 Å². The molecule has 0 aliphatic carbocycles. The van der Waals surface area contributed by atoms with Crippen LogP contribution in [0.3, 0.4) is 0 Å². The minimum Gasteiger partial charge on any atom is -0.493 e. The van der Waals surface area contributed by atoms with E-state index in [0.717, 1.165) is 11.1 Å². The summed E-state index contributed by atoms with van der Waals surface area (Å²) in [6, 6.07) is 15.1. The molecule has 0 heterocycles. The quantitative estimate of drug-likeness (QED) is 0.685. The van der Waals surface area contributed by atoms with Crippen LogP contribution in [0.25, 0.3) is 6.08 Å². The van der Waals surface area contributed by atoms with Gasteiger partial charge in [0.1, 0.15) is 0 Å². The zero-order valence-electron chi connectivity index (χ0n) is 16.3. The summed E-state index contributed by atoms with van der Waals surface area (Å²) in [4.78, 5) is 25.4. The van der Waals surface area contributed by atoms with Crippen molar-refractivity contribution in [2.45, 2.75) is 19.9 Å². The summed E-state index contributed by atoms with van der Waals surface area (Å²) in [5, 5.41) is 0. The number of benzene rings is 2. The highest BCUT2D eigenvalue weighted by Crippen LogP contribution is 2.28. The Bertz CT molecular complexity index is 819. The molecule has 0 aromatic heterocycles. The number of carbonyl (C=O) groups excluding carboxylic acids is 2. The molecule has 2 aromatic rings. The Morgan fingerprint density at radius 2 is 1.86 bits per heavy atom. The molecule has 0 radical (unpaired) electrons. The van der Waals surface area contributed by atoms with E-state index < -0.39 is 5.91 Å². The molecule has 6 nitrogen and oxygen atoms in total. The zero-order valence-corrected chi connectivity index (χ0v) is 16.3. The van der Waals surface area contributed by atoms with Gasteiger partial charge in [0.15, 0.2) is 18.1 Å². The number of methoxy groups -OCH3 is 1. The fourth-order valence-corrected chi connectivity index (χ4v) is 2.67. The molecule has 2 rings (SSSR count). The first kappa shape index (κ1) is 21.0. The molecule has 148 valence electrons. The van der Waals surface area contributed by atoms with Gasteiger partial charge >= 0.3 is 0 Å². The summed E-state index contributed by atoms with van der Waals surface area (Å²) < 4.78 is 11.0. The standard InChI is InChI=1S/C22H26N2O4/c1-3-7-17-10-11-19(20(14-17)27-2)28-16-22(26)24(13-12-21(23)25)15-18-8-5-4-6-9-18/h3-11,14H,12-13,15-16H2,1-2H3,(H2,23,25)/b7-3+. The van der Waals surface area contributed by atoms with E-state index in [1.165, 1.54) is 0 Å². The van der Waals surface area contributed by atoms with Gasteiger partial charge in [-0.3, -0.25) is 9.59 Å². The van der Waals surface area contributed by atoms with Gasteiger partial charge < -0.3 is 20.1 Å². The van der Waals surface area contributed by atoms with E-state index in [1.807, 2.05) is 61.5 Å². The highest BCUT2D eigenvalue weighted by molar-refractivity contribution is 5.79. The molecule has 2 aromatic carbocycles. The maximum Gasteiger partial charge on any atom is 0.260 e. The van der Waals surface area contributed by atoms with Gasteiger partial charge in [-0.05, 0) is 30.2 Å². The van der Waals surface area contributed by atoms with Gasteiger partial charge in [0.25, 0.3) is 5.91 Å². The molecule has 2 amide bonds. The Morgan fingerprint density at radius 1 is 1.11 bits per heavy atom. The molecule has 0 aliphatic heterocycles. The second kappa shape index (κ2) is 10.8. The van der Waals surface area contributed by atoms with Gasteiger partial charge in [0.2, 0.25) is 5.91 Å². The number of carbonyl (C=O) groups is 2. The molecular weight excluding hydrogens is 356 g/mol. The van der Waals surface area contributed by atoms with E-state index >= 15 is 0 Å². The fraction of sp³-hybridized carbons (Fsp3) is 0.273.